The number of nitrogens with zero attached hydrogens (tertiary/aromatic N) is 1. The predicted octanol–water partition coefficient (Wildman–Crippen LogP) is -0.625. The molecule has 0 saturated heterocycles. The Morgan fingerprint density at radius 1 is 1.40 bits per heavy atom. The second kappa shape index (κ2) is 4.00. The third-order valence-corrected chi connectivity index (χ3v) is 2.54. The van der Waals surface area contributed by atoms with Gasteiger partial charge >= 0.3 is 7.12 Å². The Morgan fingerprint density at radius 2 is 2.20 bits per heavy atom. The van der Waals surface area contributed by atoms with Crippen molar-refractivity contribution in [3.8, 4) is 0 Å². The minimum absolute atomic E-state index is 0.461. The fourth-order valence-electron chi connectivity index (χ4n) is 1.74. The molecule has 0 atom stereocenters. The van der Waals surface area contributed by atoms with Gasteiger partial charge in [0.25, 0.3) is 0 Å². The second-order valence-corrected chi connectivity index (χ2v) is 3.62. The van der Waals surface area contributed by atoms with E-state index in [9.17, 15) is 10.0 Å². The van der Waals surface area contributed by atoms with Crippen LogP contribution in [0.15, 0.2) is 30.5 Å². The van der Waals surface area contributed by atoms with Gasteiger partial charge < -0.3 is 10.0 Å². The van der Waals surface area contributed by atoms with Crippen LogP contribution in [0.3, 0.4) is 0 Å². The third-order valence-electron chi connectivity index (χ3n) is 2.54. The topological polar surface area (TPSA) is 53.4 Å². The van der Waals surface area contributed by atoms with Gasteiger partial charge in [0.05, 0.1) is 5.35 Å². The fraction of sp³-hybridized carbons (Fsp3) is 0.182. The largest absolute Gasteiger partial charge is 0.490 e. The molecule has 4 heteroatoms. The Labute approximate surface area is 88.2 Å². The van der Waals surface area contributed by atoms with Crippen LogP contribution in [-0.4, -0.2) is 22.2 Å². The Morgan fingerprint density at radius 3 is 2.93 bits per heavy atom. The first-order chi connectivity index (χ1) is 7.20. The Bertz CT molecular complexity index is 520. The highest BCUT2D eigenvalue weighted by Gasteiger charge is 2.15. The van der Waals surface area contributed by atoms with Crippen molar-refractivity contribution in [2.24, 2.45) is 0 Å². The fourth-order valence-corrected chi connectivity index (χ4v) is 1.74. The Hall–Kier alpha value is -1.39. The molecule has 0 radical (unpaired) electrons. The summed E-state index contributed by atoms with van der Waals surface area (Å²) in [6.45, 7) is 2.03. The molecular formula is C11H12BNO2. The number of allylic oxidation sites excluding steroid dienone is 2. The molecule has 3 nitrogen and oxygen atoms in total. The summed E-state index contributed by atoms with van der Waals surface area (Å²) in [7, 11) is -1.47. The molecule has 0 bridgehead atoms. The van der Waals surface area contributed by atoms with E-state index in [-0.39, 0.29) is 0 Å². The molecule has 1 aliphatic rings. The summed E-state index contributed by atoms with van der Waals surface area (Å²) in [5.41, 5.74) is 1.65. The molecule has 0 fully saturated rings. The molecule has 0 aromatic carbocycles. The zero-order chi connectivity index (χ0) is 10.8. The summed E-state index contributed by atoms with van der Waals surface area (Å²) >= 11 is 0. The molecule has 0 unspecified atom stereocenters. The van der Waals surface area contributed by atoms with Crippen molar-refractivity contribution in [2.45, 2.75) is 13.3 Å². The maximum Gasteiger partial charge on any atom is 0.490 e. The van der Waals surface area contributed by atoms with Crippen molar-refractivity contribution in [1.29, 1.82) is 0 Å². The highest BCUT2D eigenvalue weighted by Crippen LogP contribution is 2.06. The van der Waals surface area contributed by atoms with Gasteiger partial charge in [-0.3, -0.25) is 4.98 Å². The second-order valence-electron chi connectivity index (χ2n) is 3.62. The molecule has 2 N–H and O–H groups in total. The van der Waals surface area contributed by atoms with Crippen LogP contribution >= 0.6 is 0 Å². The van der Waals surface area contributed by atoms with Crippen LogP contribution in [-0.2, 0) is 0 Å². The number of hydrogen-bond acceptors (Lipinski definition) is 3. The lowest BCUT2D eigenvalue weighted by Gasteiger charge is -1.99. The number of fused-ring (bicyclic) bond motifs is 1. The minimum Gasteiger partial charge on any atom is -0.423 e. The van der Waals surface area contributed by atoms with Crippen molar-refractivity contribution in [1.82, 2.24) is 4.98 Å². The van der Waals surface area contributed by atoms with Gasteiger partial charge in [-0.05, 0) is 24.6 Å². The number of aromatic nitrogens is 1. The summed E-state index contributed by atoms with van der Waals surface area (Å²) in [6.07, 6.45) is 6.13. The van der Waals surface area contributed by atoms with Gasteiger partial charge in [0.1, 0.15) is 0 Å². The average Bonchev–Trinajstić information content (AvgIpc) is 2.39. The molecule has 0 aliphatic heterocycles. The maximum absolute atomic E-state index is 9.25. The molecule has 2 rings (SSSR count). The Kier molecular flexibility index (Phi) is 2.71. The van der Waals surface area contributed by atoms with Crippen LogP contribution in [0.1, 0.15) is 13.3 Å². The molecule has 0 spiro atoms. The molecular weight excluding hydrogens is 189 g/mol. The smallest absolute Gasteiger partial charge is 0.423 e. The summed E-state index contributed by atoms with van der Waals surface area (Å²) in [5, 5.41) is 20.2. The van der Waals surface area contributed by atoms with Gasteiger partial charge in [0.2, 0.25) is 0 Å². The van der Waals surface area contributed by atoms with Crippen LogP contribution in [0.5, 0.6) is 0 Å². The molecule has 0 amide bonds. The van der Waals surface area contributed by atoms with Crippen LogP contribution < -0.4 is 10.6 Å². The third kappa shape index (κ3) is 1.86. The minimum atomic E-state index is -1.47. The molecule has 1 aliphatic carbocycles. The first-order valence-electron chi connectivity index (χ1n) is 4.88. The first-order valence-corrected chi connectivity index (χ1v) is 4.88. The van der Waals surface area contributed by atoms with Gasteiger partial charge in [0, 0.05) is 11.7 Å². The zero-order valence-corrected chi connectivity index (χ0v) is 8.51. The van der Waals surface area contributed by atoms with Gasteiger partial charge in [-0.1, -0.05) is 23.8 Å². The van der Waals surface area contributed by atoms with Crippen LogP contribution in [0, 0.1) is 0 Å². The summed E-state index contributed by atoms with van der Waals surface area (Å²) in [5.74, 6) is 0. The van der Waals surface area contributed by atoms with Gasteiger partial charge in [0.15, 0.2) is 0 Å². The van der Waals surface area contributed by atoms with Crippen molar-refractivity contribution in [3.63, 3.8) is 0 Å². The molecule has 1 aromatic rings. The molecule has 76 valence electrons. The van der Waals surface area contributed by atoms with E-state index in [1.165, 1.54) is 5.57 Å². The van der Waals surface area contributed by atoms with Crippen molar-refractivity contribution in [3.05, 3.63) is 41.0 Å². The summed E-state index contributed by atoms with van der Waals surface area (Å²) < 4.78 is 0. The SMILES string of the molecule is CC1=c2cccnc2=C(B(O)O)C=CC1. The Balaban J connectivity index is 2.89. The van der Waals surface area contributed by atoms with E-state index in [2.05, 4.69) is 4.98 Å². The van der Waals surface area contributed by atoms with E-state index in [4.69, 9.17) is 0 Å². The number of hydrogen-bond donors (Lipinski definition) is 2. The predicted molar refractivity (Wildman–Crippen MR) is 59.9 cm³/mol. The quantitative estimate of drug-likeness (QED) is 0.595. The highest BCUT2D eigenvalue weighted by atomic mass is 16.4. The van der Waals surface area contributed by atoms with Gasteiger partial charge in [-0.2, -0.15) is 0 Å². The van der Waals surface area contributed by atoms with Gasteiger partial charge in [-0.15, -0.1) is 0 Å². The van der Waals surface area contributed by atoms with Gasteiger partial charge in [-0.25, -0.2) is 0 Å². The average molecular weight is 201 g/mol. The van der Waals surface area contributed by atoms with E-state index in [1.54, 1.807) is 12.3 Å². The lowest BCUT2D eigenvalue weighted by atomic mass is 9.78. The highest BCUT2D eigenvalue weighted by molar-refractivity contribution is 6.64. The summed E-state index contributed by atoms with van der Waals surface area (Å²) in [6, 6.07) is 3.81. The molecule has 0 saturated carbocycles. The van der Waals surface area contributed by atoms with Crippen molar-refractivity contribution < 1.29 is 10.0 Å². The normalized spacial score (nSPS) is 14.9. The van der Waals surface area contributed by atoms with E-state index in [1.807, 2.05) is 25.1 Å². The van der Waals surface area contributed by atoms with E-state index in [0.717, 1.165) is 11.6 Å². The van der Waals surface area contributed by atoms with E-state index >= 15 is 0 Å². The lowest BCUT2D eigenvalue weighted by molar-refractivity contribution is 0.427. The maximum atomic E-state index is 9.25. The van der Waals surface area contributed by atoms with Crippen molar-refractivity contribution in [2.75, 3.05) is 0 Å². The van der Waals surface area contributed by atoms with Crippen molar-refractivity contribution >= 4 is 18.2 Å². The molecule has 1 aromatic heterocycles. The van der Waals surface area contributed by atoms with Crippen LogP contribution in [0.4, 0.5) is 0 Å². The summed E-state index contributed by atoms with van der Waals surface area (Å²) in [4.78, 5) is 4.20. The molecule has 1 heterocycles. The first kappa shape index (κ1) is 10.1. The monoisotopic (exact) mass is 201 g/mol. The lowest BCUT2D eigenvalue weighted by Crippen LogP contribution is -2.35. The van der Waals surface area contributed by atoms with Crippen LogP contribution in [0.2, 0.25) is 0 Å². The molecule has 15 heavy (non-hydrogen) atoms. The van der Waals surface area contributed by atoms with Crippen LogP contribution in [0.25, 0.3) is 11.0 Å². The standard InChI is InChI=1S/C11H12BNO2/c1-8-4-2-6-10(12(14)15)11-9(8)5-3-7-13-11/h2-3,5-7,14-15H,4H2,1H3. The zero-order valence-electron chi connectivity index (χ0n) is 8.51. The van der Waals surface area contributed by atoms with E-state index < -0.39 is 7.12 Å². The van der Waals surface area contributed by atoms with E-state index in [0.29, 0.717) is 10.8 Å². The number of rotatable bonds is 1. The number of pyridine rings is 1.